The van der Waals surface area contributed by atoms with Crippen molar-refractivity contribution in [1.82, 2.24) is 5.32 Å². The van der Waals surface area contributed by atoms with E-state index in [1.54, 1.807) is 36.4 Å². The number of amides is 2. The van der Waals surface area contributed by atoms with E-state index in [9.17, 15) is 9.59 Å². The van der Waals surface area contributed by atoms with E-state index in [1.807, 2.05) is 13.8 Å². The molecule has 1 heterocycles. The van der Waals surface area contributed by atoms with Gasteiger partial charge in [0.2, 0.25) is 0 Å². The van der Waals surface area contributed by atoms with Gasteiger partial charge in [-0.3, -0.25) is 9.59 Å². The lowest BCUT2D eigenvalue weighted by Crippen LogP contribution is -2.38. The molecule has 0 bridgehead atoms. The van der Waals surface area contributed by atoms with Crippen LogP contribution in [0.5, 0.6) is 0 Å². The smallest absolute Gasteiger partial charge is 0.291 e. The highest BCUT2D eigenvalue weighted by Crippen LogP contribution is 2.12. The lowest BCUT2D eigenvalue weighted by Gasteiger charge is -2.19. The summed E-state index contributed by atoms with van der Waals surface area (Å²) in [5, 5.41) is 14.6. The molecule has 0 aliphatic rings. The molecule has 0 radical (unpaired) electrons. The first-order chi connectivity index (χ1) is 11.0. The number of anilines is 1. The Balaban J connectivity index is 1.96. The molecule has 122 valence electrons. The second-order valence-electron chi connectivity index (χ2n) is 5.43. The van der Waals surface area contributed by atoms with Crippen molar-refractivity contribution in [3.05, 3.63) is 54.0 Å². The quantitative estimate of drug-likeness (QED) is 0.762. The first kappa shape index (κ1) is 16.8. The average Bonchev–Trinajstić information content (AvgIpc) is 3.09. The fraction of sp³-hybridized carbons (Fsp3) is 0.294. The number of nitrogens with one attached hydrogen (secondary N) is 2. The van der Waals surface area contributed by atoms with Crippen LogP contribution in [0.3, 0.4) is 0 Å². The van der Waals surface area contributed by atoms with Crippen molar-refractivity contribution in [1.29, 1.82) is 0 Å². The van der Waals surface area contributed by atoms with Crippen molar-refractivity contribution < 1.29 is 19.1 Å². The largest absolute Gasteiger partial charge is 0.459 e. The van der Waals surface area contributed by atoms with Crippen molar-refractivity contribution in [3.63, 3.8) is 0 Å². The van der Waals surface area contributed by atoms with Gasteiger partial charge in [0.05, 0.1) is 6.26 Å². The van der Waals surface area contributed by atoms with Crippen LogP contribution in [0.1, 0.15) is 34.8 Å². The number of rotatable bonds is 6. The molecule has 0 aliphatic heterocycles. The highest BCUT2D eigenvalue weighted by molar-refractivity contribution is 6.02. The van der Waals surface area contributed by atoms with Crippen LogP contribution in [-0.4, -0.2) is 29.6 Å². The molecule has 1 aromatic carbocycles. The molecule has 0 spiro atoms. The van der Waals surface area contributed by atoms with Crippen molar-refractivity contribution in [2.24, 2.45) is 5.92 Å². The summed E-state index contributed by atoms with van der Waals surface area (Å²) in [6, 6.07) is 9.63. The van der Waals surface area contributed by atoms with Gasteiger partial charge in [0.25, 0.3) is 11.8 Å². The molecule has 0 saturated heterocycles. The zero-order chi connectivity index (χ0) is 16.8. The maximum atomic E-state index is 12.1. The molecular formula is C17H20N2O4. The third-order valence-electron chi connectivity index (χ3n) is 3.65. The zero-order valence-corrected chi connectivity index (χ0v) is 13.1. The predicted molar refractivity (Wildman–Crippen MR) is 86.3 cm³/mol. The summed E-state index contributed by atoms with van der Waals surface area (Å²) in [4.78, 5) is 23.9. The summed E-state index contributed by atoms with van der Waals surface area (Å²) in [6.07, 6.45) is 1.43. The van der Waals surface area contributed by atoms with E-state index in [2.05, 4.69) is 10.6 Å². The number of aliphatic hydroxyl groups excluding tert-OH is 1. The number of carbonyl (C=O) groups excluding carboxylic acids is 2. The van der Waals surface area contributed by atoms with Gasteiger partial charge in [-0.15, -0.1) is 0 Å². The molecule has 2 atom stereocenters. The van der Waals surface area contributed by atoms with E-state index >= 15 is 0 Å². The number of carbonyl (C=O) groups is 2. The third kappa shape index (κ3) is 4.43. The van der Waals surface area contributed by atoms with Crippen LogP contribution in [0.25, 0.3) is 0 Å². The second-order valence-corrected chi connectivity index (χ2v) is 5.43. The Morgan fingerprint density at radius 3 is 2.39 bits per heavy atom. The normalized spacial score (nSPS) is 13.2. The maximum Gasteiger partial charge on any atom is 0.291 e. The van der Waals surface area contributed by atoms with Gasteiger partial charge in [-0.25, -0.2) is 0 Å². The molecule has 2 rings (SSSR count). The molecule has 2 amide bonds. The molecule has 6 nitrogen and oxygen atoms in total. The molecule has 0 saturated carbocycles. The van der Waals surface area contributed by atoms with Crippen molar-refractivity contribution in [2.45, 2.75) is 19.9 Å². The Labute approximate surface area is 134 Å². The maximum absolute atomic E-state index is 12.1. The van der Waals surface area contributed by atoms with Gasteiger partial charge in [0.1, 0.15) is 0 Å². The molecule has 2 aromatic rings. The number of furan rings is 1. The van der Waals surface area contributed by atoms with Crippen LogP contribution in [0, 0.1) is 5.92 Å². The van der Waals surface area contributed by atoms with Crippen molar-refractivity contribution in [2.75, 3.05) is 11.9 Å². The van der Waals surface area contributed by atoms with Gasteiger partial charge in [-0.1, -0.05) is 6.92 Å². The molecule has 0 fully saturated rings. The van der Waals surface area contributed by atoms with E-state index in [0.29, 0.717) is 11.3 Å². The van der Waals surface area contributed by atoms with E-state index in [-0.39, 0.29) is 36.1 Å². The molecule has 1 aromatic heterocycles. The van der Waals surface area contributed by atoms with Crippen LogP contribution >= 0.6 is 0 Å². The SMILES string of the molecule is CC(CO)C(C)NC(=O)c1ccc(NC(=O)c2ccco2)cc1. The summed E-state index contributed by atoms with van der Waals surface area (Å²) in [5.41, 5.74) is 1.05. The first-order valence-corrected chi connectivity index (χ1v) is 7.38. The molecule has 0 aliphatic carbocycles. The van der Waals surface area contributed by atoms with Crippen LogP contribution < -0.4 is 10.6 Å². The van der Waals surface area contributed by atoms with Gasteiger partial charge >= 0.3 is 0 Å². The van der Waals surface area contributed by atoms with Crippen LogP contribution in [0.4, 0.5) is 5.69 Å². The molecular weight excluding hydrogens is 296 g/mol. The predicted octanol–water partition coefficient (Wildman–Crippen LogP) is 2.28. The number of benzene rings is 1. The Morgan fingerprint density at radius 2 is 1.83 bits per heavy atom. The standard InChI is InChI=1S/C17H20N2O4/c1-11(10-20)12(2)18-16(21)13-5-7-14(8-6-13)19-17(22)15-4-3-9-23-15/h3-9,11-12,20H,10H2,1-2H3,(H,18,21)(H,19,22). The Hall–Kier alpha value is -2.60. The van der Waals surface area contributed by atoms with E-state index in [1.165, 1.54) is 6.26 Å². The van der Waals surface area contributed by atoms with Crippen LogP contribution in [-0.2, 0) is 0 Å². The summed E-state index contributed by atoms with van der Waals surface area (Å²) in [7, 11) is 0. The lowest BCUT2D eigenvalue weighted by atomic mass is 10.0. The number of aliphatic hydroxyl groups is 1. The Bertz CT molecular complexity index is 650. The zero-order valence-electron chi connectivity index (χ0n) is 13.1. The van der Waals surface area contributed by atoms with Crippen molar-refractivity contribution in [3.8, 4) is 0 Å². The third-order valence-corrected chi connectivity index (χ3v) is 3.65. The van der Waals surface area contributed by atoms with E-state index in [4.69, 9.17) is 9.52 Å². The average molecular weight is 316 g/mol. The van der Waals surface area contributed by atoms with E-state index in [0.717, 1.165) is 0 Å². The molecule has 6 heteroatoms. The van der Waals surface area contributed by atoms with Gasteiger partial charge in [-0.05, 0) is 49.2 Å². The van der Waals surface area contributed by atoms with Crippen LogP contribution in [0.2, 0.25) is 0 Å². The first-order valence-electron chi connectivity index (χ1n) is 7.38. The number of hydrogen-bond donors (Lipinski definition) is 3. The minimum Gasteiger partial charge on any atom is -0.459 e. The molecule has 23 heavy (non-hydrogen) atoms. The summed E-state index contributed by atoms with van der Waals surface area (Å²) in [6.45, 7) is 3.72. The highest BCUT2D eigenvalue weighted by atomic mass is 16.3. The Morgan fingerprint density at radius 1 is 1.13 bits per heavy atom. The molecule has 2 unspecified atom stereocenters. The van der Waals surface area contributed by atoms with Gasteiger partial charge < -0.3 is 20.2 Å². The fourth-order valence-corrected chi connectivity index (χ4v) is 1.90. The van der Waals surface area contributed by atoms with E-state index < -0.39 is 0 Å². The molecule has 3 N–H and O–H groups in total. The van der Waals surface area contributed by atoms with Gasteiger partial charge in [0.15, 0.2) is 5.76 Å². The second kappa shape index (κ2) is 7.60. The highest BCUT2D eigenvalue weighted by Gasteiger charge is 2.15. The summed E-state index contributed by atoms with van der Waals surface area (Å²) >= 11 is 0. The lowest BCUT2D eigenvalue weighted by molar-refractivity contribution is 0.0915. The fourth-order valence-electron chi connectivity index (χ4n) is 1.90. The van der Waals surface area contributed by atoms with Crippen LogP contribution in [0.15, 0.2) is 47.1 Å². The summed E-state index contributed by atoms with van der Waals surface area (Å²) < 4.78 is 5.01. The summed E-state index contributed by atoms with van der Waals surface area (Å²) in [5.74, 6) is -0.372. The van der Waals surface area contributed by atoms with Gasteiger partial charge in [-0.2, -0.15) is 0 Å². The minimum absolute atomic E-state index is 0.0131. The monoisotopic (exact) mass is 316 g/mol. The number of hydrogen-bond acceptors (Lipinski definition) is 4. The Kier molecular flexibility index (Phi) is 5.54. The minimum atomic E-state index is -0.349. The van der Waals surface area contributed by atoms with Crippen molar-refractivity contribution >= 4 is 17.5 Å². The van der Waals surface area contributed by atoms with Gasteiger partial charge in [0, 0.05) is 23.9 Å². The topological polar surface area (TPSA) is 91.6 Å².